The van der Waals surface area contributed by atoms with Crippen molar-refractivity contribution in [3.8, 4) is 11.8 Å². The van der Waals surface area contributed by atoms with Crippen LogP contribution in [0.15, 0.2) is 24.3 Å². The molecular weight excluding hydrogens is 256 g/mol. The van der Waals surface area contributed by atoms with Crippen LogP contribution in [0.4, 0.5) is 0 Å². The van der Waals surface area contributed by atoms with Gasteiger partial charge in [-0.15, -0.1) is 0 Å². The molecule has 5 nitrogen and oxygen atoms in total. The first-order valence-electron chi connectivity index (χ1n) is 6.26. The zero-order valence-electron chi connectivity index (χ0n) is 11.6. The normalized spacial score (nSPS) is 11.1. The van der Waals surface area contributed by atoms with Crippen molar-refractivity contribution in [2.45, 2.75) is 19.4 Å². The Morgan fingerprint density at radius 2 is 2.00 bits per heavy atom. The van der Waals surface area contributed by atoms with Crippen molar-refractivity contribution in [1.82, 2.24) is 5.32 Å². The van der Waals surface area contributed by atoms with E-state index in [2.05, 4.69) is 17.2 Å². The van der Waals surface area contributed by atoms with E-state index in [9.17, 15) is 9.59 Å². The van der Waals surface area contributed by atoms with Crippen molar-refractivity contribution >= 4 is 11.8 Å². The number of nitrogens with one attached hydrogen (secondary N) is 1. The minimum absolute atomic E-state index is 0.327. The van der Waals surface area contributed by atoms with Gasteiger partial charge in [0.2, 0.25) is 5.91 Å². The van der Waals surface area contributed by atoms with Crippen molar-refractivity contribution in [2.24, 2.45) is 5.73 Å². The Kier molecular flexibility index (Phi) is 6.27. The maximum atomic E-state index is 11.9. The molecule has 0 aliphatic heterocycles. The summed E-state index contributed by atoms with van der Waals surface area (Å²) in [6.07, 6.45) is 0.460. The molecule has 0 saturated carbocycles. The quantitative estimate of drug-likeness (QED) is 0.775. The second-order valence-electron chi connectivity index (χ2n) is 4.15. The Hall–Kier alpha value is -2.32. The number of nitrogens with two attached hydrogens (primary N) is 1. The van der Waals surface area contributed by atoms with Gasteiger partial charge in [0.15, 0.2) is 0 Å². The molecule has 5 heteroatoms. The fraction of sp³-hybridized carbons (Fsp3) is 0.333. The van der Waals surface area contributed by atoms with E-state index in [0.29, 0.717) is 18.6 Å². The standard InChI is InChI=1S/C15H18N2O3/c1-3-13(14(16)18)17-15(19)12-8-6-11(7-9-12)5-4-10-20-2/h6-9,13H,3,10H2,1-2H3,(H2,16,18)(H,17,19). The van der Waals surface area contributed by atoms with Crippen molar-refractivity contribution in [3.05, 3.63) is 35.4 Å². The molecule has 0 aliphatic rings. The lowest BCUT2D eigenvalue weighted by atomic mass is 10.1. The number of carbonyl (C=O) groups is 2. The van der Waals surface area contributed by atoms with E-state index in [1.165, 1.54) is 0 Å². The van der Waals surface area contributed by atoms with Gasteiger partial charge in [0, 0.05) is 18.2 Å². The molecule has 0 bridgehead atoms. The van der Waals surface area contributed by atoms with Crippen molar-refractivity contribution in [3.63, 3.8) is 0 Å². The number of hydrogen-bond donors (Lipinski definition) is 2. The SMILES string of the molecule is CCC(NC(=O)c1ccc(C#CCOC)cc1)C(N)=O. The van der Waals surface area contributed by atoms with Crippen molar-refractivity contribution < 1.29 is 14.3 Å². The predicted molar refractivity (Wildman–Crippen MR) is 75.9 cm³/mol. The summed E-state index contributed by atoms with van der Waals surface area (Å²) in [5.41, 5.74) is 6.43. The van der Waals surface area contributed by atoms with Crippen LogP contribution in [0.5, 0.6) is 0 Å². The van der Waals surface area contributed by atoms with Gasteiger partial charge < -0.3 is 15.8 Å². The van der Waals surface area contributed by atoms with E-state index in [0.717, 1.165) is 5.56 Å². The number of benzene rings is 1. The highest BCUT2D eigenvalue weighted by molar-refractivity contribution is 5.97. The first-order chi connectivity index (χ1) is 9.58. The zero-order valence-corrected chi connectivity index (χ0v) is 11.6. The molecule has 3 N–H and O–H groups in total. The number of rotatable bonds is 5. The summed E-state index contributed by atoms with van der Waals surface area (Å²) in [5.74, 6) is 4.86. The van der Waals surface area contributed by atoms with Gasteiger partial charge in [-0.1, -0.05) is 18.8 Å². The van der Waals surface area contributed by atoms with E-state index in [1.54, 1.807) is 38.3 Å². The first-order valence-corrected chi connectivity index (χ1v) is 6.26. The van der Waals surface area contributed by atoms with Crippen LogP contribution in [-0.4, -0.2) is 31.6 Å². The molecule has 20 heavy (non-hydrogen) atoms. The van der Waals surface area contributed by atoms with Crippen LogP contribution in [0, 0.1) is 11.8 Å². The highest BCUT2D eigenvalue weighted by Gasteiger charge is 2.16. The lowest BCUT2D eigenvalue weighted by molar-refractivity contribution is -0.119. The topological polar surface area (TPSA) is 81.4 Å². The maximum Gasteiger partial charge on any atom is 0.251 e. The molecule has 1 aromatic rings. The average molecular weight is 274 g/mol. The molecule has 0 radical (unpaired) electrons. The number of carbonyl (C=O) groups excluding carboxylic acids is 2. The van der Waals surface area contributed by atoms with Crippen LogP contribution in [0.1, 0.15) is 29.3 Å². The second kappa shape index (κ2) is 7.97. The van der Waals surface area contributed by atoms with Gasteiger partial charge in [-0.3, -0.25) is 9.59 Å². The molecule has 0 fully saturated rings. The lowest BCUT2D eigenvalue weighted by Gasteiger charge is -2.13. The highest BCUT2D eigenvalue weighted by atomic mass is 16.5. The Morgan fingerprint density at radius 3 is 2.50 bits per heavy atom. The van der Waals surface area contributed by atoms with Gasteiger partial charge in [0.25, 0.3) is 5.91 Å². The van der Waals surface area contributed by atoms with Crippen LogP contribution in [0.25, 0.3) is 0 Å². The largest absolute Gasteiger partial charge is 0.372 e. The monoisotopic (exact) mass is 274 g/mol. The molecule has 0 saturated heterocycles. The molecule has 1 aromatic carbocycles. The number of primary amides is 1. The van der Waals surface area contributed by atoms with Gasteiger partial charge in [-0.05, 0) is 30.7 Å². The number of methoxy groups -OCH3 is 1. The van der Waals surface area contributed by atoms with Crippen LogP contribution < -0.4 is 11.1 Å². The first kappa shape index (κ1) is 15.7. The third-order valence-corrected chi connectivity index (χ3v) is 2.65. The van der Waals surface area contributed by atoms with E-state index in [4.69, 9.17) is 10.5 Å². The summed E-state index contributed by atoms with van der Waals surface area (Å²) in [6, 6.07) is 6.13. The minimum Gasteiger partial charge on any atom is -0.372 e. The fourth-order valence-electron chi connectivity index (χ4n) is 1.53. The number of hydrogen-bond acceptors (Lipinski definition) is 3. The van der Waals surface area contributed by atoms with Gasteiger partial charge >= 0.3 is 0 Å². The summed E-state index contributed by atoms with van der Waals surface area (Å²) in [6.45, 7) is 2.14. The number of ether oxygens (including phenoxy) is 1. The van der Waals surface area contributed by atoms with Crippen molar-refractivity contribution in [2.75, 3.05) is 13.7 Å². The predicted octanol–water partition coefficient (Wildman–Crippen LogP) is 0.678. The van der Waals surface area contributed by atoms with Crippen molar-refractivity contribution in [1.29, 1.82) is 0 Å². The highest BCUT2D eigenvalue weighted by Crippen LogP contribution is 2.04. The average Bonchev–Trinajstić information content (AvgIpc) is 2.45. The van der Waals surface area contributed by atoms with E-state index >= 15 is 0 Å². The van der Waals surface area contributed by atoms with Gasteiger partial charge in [0.05, 0.1) is 0 Å². The molecule has 1 atom stereocenters. The minimum atomic E-state index is -0.649. The summed E-state index contributed by atoms with van der Waals surface area (Å²) in [7, 11) is 1.57. The Bertz CT molecular complexity index is 526. The molecule has 0 heterocycles. The molecule has 1 unspecified atom stereocenters. The maximum absolute atomic E-state index is 11.9. The number of amides is 2. The van der Waals surface area contributed by atoms with Gasteiger partial charge in [-0.2, -0.15) is 0 Å². The van der Waals surface area contributed by atoms with Gasteiger partial charge in [-0.25, -0.2) is 0 Å². The summed E-state index contributed by atoms with van der Waals surface area (Å²) < 4.78 is 4.82. The molecule has 0 aromatic heterocycles. The summed E-state index contributed by atoms with van der Waals surface area (Å²) >= 11 is 0. The lowest BCUT2D eigenvalue weighted by Crippen LogP contribution is -2.43. The third-order valence-electron chi connectivity index (χ3n) is 2.65. The molecule has 1 rings (SSSR count). The van der Waals surface area contributed by atoms with E-state index in [-0.39, 0.29) is 5.91 Å². The Labute approximate surface area is 118 Å². The molecule has 2 amide bonds. The molecule has 0 aliphatic carbocycles. The van der Waals surface area contributed by atoms with Crippen LogP contribution >= 0.6 is 0 Å². The smallest absolute Gasteiger partial charge is 0.251 e. The fourth-order valence-corrected chi connectivity index (χ4v) is 1.53. The zero-order chi connectivity index (χ0) is 15.0. The van der Waals surface area contributed by atoms with Crippen LogP contribution in [0.2, 0.25) is 0 Å². The van der Waals surface area contributed by atoms with E-state index in [1.807, 2.05) is 0 Å². The third kappa shape index (κ3) is 4.75. The molecule has 0 spiro atoms. The van der Waals surface area contributed by atoms with Gasteiger partial charge in [0.1, 0.15) is 12.6 Å². The van der Waals surface area contributed by atoms with E-state index < -0.39 is 11.9 Å². The summed E-state index contributed by atoms with van der Waals surface area (Å²) in [4.78, 5) is 23.0. The second-order valence-corrected chi connectivity index (χ2v) is 4.15. The summed E-state index contributed by atoms with van der Waals surface area (Å²) in [5, 5.41) is 2.58. The Morgan fingerprint density at radius 1 is 1.35 bits per heavy atom. The molecular formula is C15H18N2O3. The van der Waals surface area contributed by atoms with Crippen LogP contribution in [-0.2, 0) is 9.53 Å². The molecule has 106 valence electrons. The Balaban J connectivity index is 2.71. The van der Waals surface area contributed by atoms with Crippen LogP contribution in [0.3, 0.4) is 0 Å².